The largest absolute Gasteiger partial charge is 0.369 e. The molecule has 0 bridgehead atoms. The van der Waals surface area contributed by atoms with Gasteiger partial charge in [-0.15, -0.1) is 0 Å². The number of nitrogen functional groups attached to an aromatic ring is 1. The molecule has 138 valence electrons. The van der Waals surface area contributed by atoms with E-state index in [0.717, 1.165) is 17.0 Å². The van der Waals surface area contributed by atoms with Gasteiger partial charge in [-0.3, -0.25) is 4.79 Å². The van der Waals surface area contributed by atoms with Crippen LogP contribution in [0.25, 0.3) is 11.3 Å². The van der Waals surface area contributed by atoms with Gasteiger partial charge in [0, 0.05) is 31.6 Å². The van der Waals surface area contributed by atoms with Gasteiger partial charge in [0.1, 0.15) is 11.7 Å². The average Bonchev–Trinajstić information content (AvgIpc) is 2.68. The molecule has 1 fully saturated rings. The normalized spacial score (nSPS) is 18.0. The van der Waals surface area contributed by atoms with E-state index in [1.165, 1.54) is 7.11 Å². The van der Waals surface area contributed by atoms with Gasteiger partial charge in [-0.05, 0) is 26.0 Å². The molecule has 1 aliphatic rings. The van der Waals surface area contributed by atoms with Gasteiger partial charge < -0.3 is 20.1 Å². The number of nitrogens with two attached hydrogens (primary N) is 1. The van der Waals surface area contributed by atoms with Crippen LogP contribution in [-0.2, 0) is 14.3 Å². The number of carbonyl (C=O) groups excluding carboxylic acids is 1. The van der Waals surface area contributed by atoms with Crippen LogP contribution in [0.5, 0.6) is 0 Å². The molecule has 2 N–H and O–H groups in total. The van der Waals surface area contributed by atoms with Crippen molar-refractivity contribution in [3.8, 4) is 11.3 Å². The first-order valence-electron chi connectivity index (χ1n) is 8.41. The van der Waals surface area contributed by atoms with Crippen LogP contribution in [0.15, 0.2) is 30.6 Å². The third-order valence-electron chi connectivity index (χ3n) is 4.45. The second-order valence-corrected chi connectivity index (χ2v) is 6.60. The molecule has 1 unspecified atom stereocenters. The predicted molar refractivity (Wildman–Crippen MR) is 96.0 cm³/mol. The molecule has 1 amide bonds. The number of morpholine rings is 1. The maximum absolute atomic E-state index is 12.6. The number of pyridine rings is 1. The lowest BCUT2D eigenvalue weighted by molar-refractivity contribution is -0.158. The van der Waals surface area contributed by atoms with Crippen LogP contribution in [0, 0.1) is 0 Å². The fourth-order valence-electron chi connectivity index (χ4n) is 2.74. The first-order valence-corrected chi connectivity index (χ1v) is 8.41. The highest BCUT2D eigenvalue weighted by molar-refractivity contribution is 5.84. The highest BCUT2D eigenvalue weighted by Crippen LogP contribution is 2.25. The number of carbonyl (C=O) groups is 1. The van der Waals surface area contributed by atoms with Gasteiger partial charge in [-0.1, -0.05) is 6.07 Å². The number of ether oxygens (including phenoxy) is 2. The van der Waals surface area contributed by atoms with Crippen LogP contribution in [-0.4, -0.2) is 58.2 Å². The molecule has 26 heavy (non-hydrogen) atoms. The highest BCUT2D eigenvalue weighted by Gasteiger charge is 2.35. The molecular formula is C18H23N5O3. The topological polar surface area (TPSA) is 103 Å². The number of hydrogen-bond acceptors (Lipinski definition) is 7. The molecule has 8 nitrogen and oxygen atoms in total. The summed E-state index contributed by atoms with van der Waals surface area (Å²) in [5.41, 5.74) is 6.92. The smallest absolute Gasteiger partial charge is 0.254 e. The van der Waals surface area contributed by atoms with Crippen LogP contribution in [0.2, 0.25) is 0 Å². The number of hydrogen-bond donors (Lipinski definition) is 1. The minimum atomic E-state index is -0.863. The van der Waals surface area contributed by atoms with Crippen molar-refractivity contribution < 1.29 is 14.3 Å². The maximum Gasteiger partial charge on any atom is 0.254 e. The second-order valence-electron chi connectivity index (χ2n) is 6.60. The van der Waals surface area contributed by atoms with Gasteiger partial charge in [0.2, 0.25) is 5.95 Å². The Morgan fingerprint density at radius 1 is 1.35 bits per heavy atom. The molecule has 0 aromatic carbocycles. The Bertz CT molecular complexity index is 779. The Labute approximate surface area is 152 Å². The second kappa shape index (κ2) is 7.35. The first kappa shape index (κ1) is 18.2. The lowest BCUT2D eigenvalue weighted by Crippen LogP contribution is -2.51. The van der Waals surface area contributed by atoms with E-state index in [4.69, 9.17) is 15.2 Å². The lowest BCUT2D eigenvalue weighted by atomic mass is 10.1. The fraction of sp³-hybridized carbons (Fsp3) is 0.444. The van der Waals surface area contributed by atoms with Crippen molar-refractivity contribution in [2.75, 3.05) is 32.5 Å². The van der Waals surface area contributed by atoms with E-state index < -0.39 is 5.60 Å². The van der Waals surface area contributed by atoms with Crippen molar-refractivity contribution in [3.63, 3.8) is 0 Å². The van der Waals surface area contributed by atoms with E-state index in [9.17, 15) is 4.79 Å². The van der Waals surface area contributed by atoms with Gasteiger partial charge >= 0.3 is 0 Å². The van der Waals surface area contributed by atoms with E-state index in [2.05, 4.69) is 15.0 Å². The maximum atomic E-state index is 12.6. The highest BCUT2D eigenvalue weighted by atomic mass is 16.5. The monoisotopic (exact) mass is 357 g/mol. The Kier molecular flexibility index (Phi) is 5.15. The molecule has 0 radical (unpaired) electrons. The summed E-state index contributed by atoms with van der Waals surface area (Å²) in [6, 6.07) is 5.66. The molecule has 0 aliphatic carbocycles. The zero-order valence-corrected chi connectivity index (χ0v) is 15.2. The lowest BCUT2D eigenvalue weighted by Gasteiger charge is -2.36. The van der Waals surface area contributed by atoms with Gasteiger partial charge in [0.15, 0.2) is 0 Å². The van der Waals surface area contributed by atoms with Crippen molar-refractivity contribution in [2.24, 2.45) is 0 Å². The minimum Gasteiger partial charge on any atom is -0.369 e. The summed E-state index contributed by atoms with van der Waals surface area (Å²) < 4.78 is 11.2. The van der Waals surface area contributed by atoms with E-state index in [-0.39, 0.29) is 18.0 Å². The molecule has 2 aromatic heterocycles. The standard InChI is InChI=1S/C18H23N5O3/c1-18(2,25-3)16(24)23-7-8-26-15(11-23)14-6-4-5-13(22-14)12-9-20-17(19)21-10-12/h4-6,9-10,15H,7-8,11H2,1-3H3,(H2,19,20,21). The van der Waals surface area contributed by atoms with Crippen molar-refractivity contribution in [1.82, 2.24) is 19.9 Å². The Morgan fingerprint density at radius 2 is 2.08 bits per heavy atom. The van der Waals surface area contributed by atoms with Gasteiger partial charge in [0.25, 0.3) is 5.91 Å². The van der Waals surface area contributed by atoms with Crippen LogP contribution in [0.4, 0.5) is 5.95 Å². The van der Waals surface area contributed by atoms with Crippen LogP contribution in [0.3, 0.4) is 0 Å². The molecule has 0 saturated carbocycles. The van der Waals surface area contributed by atoms with E-state index in [1.54, 1.807) is 31.1 Å². The molecule has 2 aromatic rings. The number of methoxy groups -OCH3 is 1. The number of rotatable bonds is 4. The summed E-state index contributed by atoms with van der Waals surface area (Å²) in [5.74, 6) is 0.159. The molecule has 3 heterocycles. The Balaban J connectivity index is 1.79. The van der Waals surface area contributed by atoms with Gasteiger partial charge in [0.05, 0.1) is 24.5 Å². The SMILES string of the molecule is COC(C)(C)C(=O)N1CCOC(c2cccc(-c3cnc(N)nc3)n2)C1. The molecule has 8 heteroatoms. The molecular weight excluding hydrogens is 334 g/mol. The molecule has 1 saturated heterocycles. The third kappa shape index (κ3) is 3.81. The van der Waals surface area contributed by atoms with Gasteiger partial charge in [-0.2, -0.15) is 0 Å². The average molecular weight is 357 g/mol. The predicted octanol–water partition coefficient (Wildman–Crippen LogP) is 1.45. The molecule has 1 atom stereocenters. The van der Waals surface area contributed by atoms with Gasteiger partial charge in [-0.25, -0.2) is 15.0 Å². The van der Waals surface area contributed by atoms with Crippen LogP contribution >= 0.6 is 0 Å². The van der Waals surface area contributed by atoms with Crippen molar-refractivity contribution in [2.45, 2.75) is 25.6 Å². The summed E-state index contributed by atoms with van der Waals surface area (Å²) in [4.78, 5) is 27.1. The minimum absolute atomic E-state index is 0.0589. The zero-order valence-electron chi connectivity index (χ0n) is 15.2. The van der Waals surface area contributed by atoms with E-state index in [1.807, 2.05) is 18.2 Å². The van der Waals surface area contributed by atoms with E-state index in [0.29, 0.717) is 19.7 Å². The Morgan fingerprint density at radius 3 is 2.77 bits per heavy atom. The molecule has 1 aliphatic heterocycles. The number of anilines is 1. The van der Waals surface area contributed by atoms with E-state index >= 15 is 0 Å². The quantitative estimate of drug-likeness (QED) is 0.883. The zero-order chi connectivity index (χ0) is 18.7. The summed E-state index contributed by atoms with van der Waals surface area (Å²) in [5, 5.41) is 0. The van der Waals surface area contributed by atoms with Crippen molar-refractivity contribution in [3.05, 3.63) is 36.3 Å². The summed E-state index contributed by atoms with van der Waals surface area (Å²) in [7, 11) is 1.54. The third-order valence-corrected chi connectivity index (χ3v) is 4.45. The van der Waals surface area contributed by atoms with Crippen LogP contribution in [0.1, 0.15) is 25.6 Å². The molecule has 3 rings (SSSR count). The van der Waals surface area contributed by atoms with Crippen molar-refractivity contribution in [1.29, 1.82) is 0 Å². The summed E-state index contributed by atoms with van der Waals surface area (Å²) >= 11 is 0. The number of amides is 1. The first-order chi connectivity index (χ1) is 12.4. The number of aromatic nitrogens is 3. The summed E-state index contributed by atoms with van der Waals surface area (Å²) in [6.45, 7) is 4.95. The van der Waals surface area contributed by atoms with Crippen LogP contribution < -0.4 is 5.73 Å². The number of nitrogens with zero attached hydrogens (tertiary/aromatic N) is 4. The molecule has 0 spiro atoms. The fourth-order valence-corrected chi connectivity index (χ4v) is 2.74. The summed E-state index contributed by atoms with van der Waals surface area (Å²) in [6.07, 6.45) is 2.97. The van der Waals surface area contributed by atoms with Crippen molar-refractivity contribution >= 4 is 11.9 Å². The Hall–Kier alpha value is -2.58.